The van der Waals surface area contributed by atoms with Crippen molar-refractivity contribution in [1.29, 1.82) is 0 Å². The molecule has 1 atom stereocenters. The van der Waals surface area contributed by atoms with Crippen molar-refractivity contribution in [3.05, 3.63) is 35.4 Å². The number of benzene rings is 1. The minimum Gasteiger partial charge on any atom is -0.455 e. The predicted octanol–water partition coefficient (Wildman–Crippen LogP) is 7.52. The summed E-state index contributed by atoms with van der Waals surface area (Å²) in [6.07, 6.45) is 7.60. The zero-order chi connectivity index (χ0) is 20.3. The molecule has 0 radical (unpaired) electrons. The molecule has 0 bridgehead atoms. The van der Waals surface area contributed by atoms with Crippen LogP contribution in [-0.2, 0) is 4.74 Å². The van der Waals surface area contributed by atoms with Gasteiger partial charge in [0.05, 0.1) is 5.56 Å². The molecule has 1 unspecified atom stereocenters. The first kappa shape index (κ1) is 22.0. The number of hydrogen-bond donors (Lipinski definition) is 0. The zero-order valence-corrected chi connectivity index (χ0v) is 18.7. The quantitative estimate of drug-likeness (QED) is 0.499. The lowest BCUT2D eigenvalue weighted by Crippen LogP contribution is -2.36. The van der Waals surface area contributed by atoms with Crippen LogP contribution < -0.4 is 0 Å². The van der Waals surface area contributed by atoms with E-state index in [1.54, 1.807) is 0 Å². The minimum atomic E-state index is -0.250. The summed E-state index contributed by atoms with van der Waals surface area (Å²) in [5.41, 5.74) is 2.09. The smallest absolute Gasteiger partial charge is 0.338 e. The highest BCUT2D eigenvalue weighted by molar-refractivity contribution is 5.90. The van der Waals surface area contributed by atoms with Gasteiger partial charge in [-0.2, -0.15) is 0 Å². The number of hydrogen-bond acceptors (Lipinski definition) is 2. The number of carbonyl (C=O) groups is 1. The Morgan fingerprint density at radius 3 is 2.22 bits per heavy atom. The first-order valence-electron chi connectivity index (χ1n) is 10.8. The molecule has 152 valence electrons. The summed E-state index contributed by atoms with van der Waals surface area (Å²) in [4.78, 5) is 13.0. The van der Waals surface area contributed by atoms with Gasteiger partial charge >= 0.3 is 5.97 Å². The average Bonchev–Trinajstić information content (AvgIpc) is 2.59. The monoisotopic (exact) mass is 372 g/mol. The lowest BCUT2D eigenvalue weighted by molar-refractivity contribution is -0.0397. The van der Waals surface area contributed by atoms with E-state index in [-0.39, 0.29) is 22.4 Å². The largest absolute Gasteiger partial charge is 0.455 e. The number of ether oxygens (including phenoxy) is 1. The maximum atomic E-state index is 13.0. The molecule has 0 aliphatic heterocycles. The molecule has 2 nitrogen and oxygen atoms in total. The van der Waals surface area contributed by atoms with Crippen LogP contribution in [0.15, 0.2) is 24.3 Å². The van der Waals surface area contributed by atoms with Crippen molar-refractivity contribution in [3.8, 4) is 0 Å². The van der Waals surface area contributed by atoms with Crippen molar-refractivity contribution in [2.45, 2.75) is 105 Å². The lowest BCUT2D eigenvalue weighted by atomic mass is 9.69. The van der Waals surface area contributed by atoms with E-state index in [0.717, 1.165) is 25.7 Å². The topological polar surface area (TPSA) is 26.3 Å². The Labute approximate surface area is 167 Å². The Balaban J connectivity index is 2.25. The highest BCUT2D eigenvalue weighted by Gasteiger charge is 2.35. The molecule has 0 aromatic heterocycles. The molecule has 0 N–H and O–H groups in total. The molecule has 0 heterocycles. The van der Waals surface area contributed by atoms with E-state index in [1.807, 2.05) is 12.1 Å². The Kier molecular flexibility index (Phi) is 6.81. The van der Waals surface area contributed by atoms with Gasteiger partial charge < -0.3 is 4.74 Å². The fraction of sp³-hybridized carbons (Fsp3) is 0.720. The van der Waals surface area contributed by atoms with Gasteiger partial charge in [-0.1, -0.05) is 67.0 Å². The van der Waals surface area contributed by atoms with Gasteiger partial charge in [-0.3, -0.25) is 0 Å². The molecule has 0 spiro atoms. The molecule has 27 heavy (non-hydrogen) atoms. The molecule has 1 aliphatic carbocycles. The van der Waals surface area contributed by atoms with Gasteiger partial charge in [0.25, 0.3) is 0 Å². The van der Waals surface area contributed by atoms with Gasteiger partial charge in [0.1, 0.15) is 5.60 Å². The average molecular weight is 373 g/mol. The predicted molar refractivity (Wildman–Crippen MR) is 114 cm³/mol. The van der Waals surface area contributed by atoms with E-state index < -0.39 is 0 Å². The lowest BCUT2D eigenvalue weighted by Gasteiger charge is -2.37. The van der Waals surface area contributed by atoms with E-state index in [2.05, 4.69) is 60.6 Å². The second-order valence-corrected chi connectivity index (χ2v) is 10.8. The van der Waals surface area contributed by atoms with Crippen molar-refractivity contribution in [2.75, 3.05) is 0 Å². The fourth-order valence-electron chi connectivity index (χ4n) is 4.40. The first-order valence-corrected chi connectivity index (χ1v) is 10.8. The second-order valence-electron chi connectivity index (χ2n) is 10.8. The van der Waals surface area contributed by atoms with E-state index in [9.17, 15) is 4.79 Å². The molecule has 0 saturated heterocycles. The summed E-state index contributed by atoms with van der Waals surface area (Å²) in [6.45, 7) is 15.9. The van der Waals surface area contributed by atoms with Crippen molar-refractivity contribution in [2.24, 2.45) is 10.8 Å². The maximum absolute atomic E-state index is 13.0. The summed E-state index contributed by atoms with van der Waals surface area (Å²) in [5, 5.41) is 0. The SMILES string of the molecule is CCC1(OC(=O)c2cccc(C(CC(C)(C)C)C(C)(C)C)c2)CCCCC1. The van der Waals surface area contributed by atoms with Gasteiger partial charge in [0.2, 0.25) is 0 Å². The summed E-state index contributed by atoms with van der Waals surface area (Å²) in [7, 11) is 0. The van der Waals surface area contributed by atoms with Gasteiger partial charge in [-0.15, -0.1) is 0 Å². The maximum Gasteiger partial charge on any atom is 0.338 e. The summed E-state index contributed by atoms with van der Waals surface area (Å²) in [5.74, 6) is 0.254. The van der Waals surface area contributed by atoms with E-state index in [4.69, 9.17) is 4.74 Å². The molecular formula is C25H40O2. The summed E-state index contributed by atoms with van der Waals surface area (Å²) >= 11 is 0. The molecular weight excluding hydrogens is 332 g/mol. The van der Waals surface area contributed by atoms with Crippen LogP contribution in [0.5, 0.6) is 0 Å². The van der Waals surface area contributed by atoms with Crippen molar-refractivity contribution in [3.63, 3.8) is 0 Å². The van der Waals surface area contributed by atoms with Crippen molar-refractivity contribution >= 4 is 5.97 Å². The fourth-order valence-corrected chi connectivity index (χ4v) is 4.40. The van der Waals surface area contributed by atoms with E-state index in [0.29, 0.717) is 11.5 Å². The number of carbonyl (C=O) groups excluding carboxylic acids is 1. The van der Waals surface area contributed by atoms with Crippen LogP contribution in [0.2, 0.25) is 0 Å². The molecule has 2 heteroatoms. The van der Waals surface area contributed by atoms with Crippen LogP contribution in [0, 0.1) is 10.8 Å². The number of rotatable bonds is 5. The Morgan fingerprint density at radius 1 is 1.07 bits per heavy atom. The minimum absolute atomic E-state index is 0.143. The van der Waals surface area contributed by atoms with Crippen LogP contribution >= 0.6 is 0 Å². The number of esters is 1. The third-order valence-corrected chi connectivity index (χ3v) is 6.10. The second kappa shape index (κ2) is 8.37. The molecule has 1 aromatic carbocycles. The van der Waals surface area contributed by atoms with Crippen molar-refractivity contribution in [1.82, 2.24) is 0 Å². The Morgan fingerprint density at radius 2 is 1.70 bits per heavy atom. The Bertz CT molecular complexity index is 624. The molecule has 1 aromatic rings. The van der Waals surface area contributed by atoms with Crippen LogP contribution in [-0.4, -0.2) is 11.6 Å². The zero-order valence-electron chi connectivity index (χ0n) is 18.7. The van der Waals surface area contributed by atoms with Crippen molar-refractivity contribution < 1.29 is 9.53 Å². The molecule has 2 rings (SSSR count). The van der Waals surface area contributed by atoms with Gasteiger partial charge in [-0.25, -0.2) is 4.79 Å². The van der Waals surface area contributed by atoms with Crippen LogP contribution in [0.4, 0.5) is 0 Å². The van der Waals surface area contributed by atoms with E-state index in [1.165, 1.54) is 24.8 Å². The molecule has 1 fully saturated rings. The van der Waals surface area contributed by atoms with Crippen LogP contribution in [0.25, 0.3) is 0 Å². The normalized spacial score (nSPS) is 18.8. The van der Waals surface area contributed by atoms with Gasteiger partial charge in [0, 0.05) is 0 Å². The molecule has 1 saturated carbocycles. The van der Waals surface area contributed by atoms with E-state index >= 15 is 0 Å². The van der Waals surface area contributed by atoms with Crippen LogP contribution in [0.3, 0.4) is 0 Å². The standard InChI is InChI=1S/C25H40O2/c1-8-25(15-10-9-11-16-25)27-22(26)20-14-12-13-19(17-20)21(24(5,6)7)18-23(2,3)4/h12-14,17,21H,8-11,15-16,18H2,1-7H3. The molecule has 1 aliphatic rings. The van der Waals surface area contributed by atoms with Gasteiger partial charge in [-0.05, 0) is 73.0 Å². The highest BCUT2D eigenvalue weighted by atomic mass is 16.6. The summed E-state index contributed by atoms with van der Waals surface area (Å²) < 4.78 is 6.10. The van der Waals surface area contributed by atoms with Crippen LogP contribution in [0.1, 0.15) is 115 Å². The summed E-state index contributed by atoms with van der Waals surface area (Å²) in [6, 6.07) is 8.19. The third-order valence-electron chi connectivity index (χ3n) is 6.10. The third kappa shape index (κ3) is 6.09. The highest BCUT2D eigenvalue weighted by Crippen LogP contribution is 2.43. The van der Waals surface area contributed by atoms with Gasteiger partial charge in [0.15, 0.2) is 0 Å². The molecule has 0 amide bonds. The Hall–Kier alpha value is -1.31. The first-order chi connectivity index (χ1) is 12.5.